The van der Waals surface area contributed by atoms with Crippen molar-refractivity contribution in [2.75, 3.05) is 13.2 Å². The first-order chi connectivity index (χ1) is 26.5. The van der Waals surface area contributed by atoms with Crippen molar-refractivity contribution in [3.05, 3.63) is 11.6 Å². The molecule has 324 valence electrons. The molecule has 0 bridgehead atoms. The maximum atomic E-state index is 14.9. The first kappa shape index (κ1) is 43.3. The number of hydrogen-bond donors (Lipinski definition) is 9. The Hall–Kier alpha value is -1.76. The van der Waals surface area contributed by atoms with Gasteiger partial charge in [0.1, 0.15) is 42.7 Å². The van der Waals surface area contributed by atoms with Gasteiger partial charge in [-0.1, -0.05) is 53.2 Å². The highest BCUT2D eigenvalue weighted by atomic mass is 16.7. The van der Waals surface area contributed by atoms with Crippen molar-refractivity contribution in [3.63, 3.8) is 0 Å². The molecule has 0 aromatic carbocycles. The van der Waals surface area contributed by atoms with Crippen molar-refractivity contribution in [2.45, 2.75) is 173 Å². The molecular formula is C42H66O15. The number of carbonyl (C=O) groups is 2. The first-order valence-electron chi connectivity index (χ1n) is 21.0. The molecule has 57 heavy (non-hydrogen) atoms. The van der Waals surface area contributed by atoms with E-state index in [-0.39, 0.29) is 40.1 Å². The molecule has 2 saturated heterocycles. The second-order valence-corrected chi connectivity index (χ2v) is 20.5. The Kier molecular flexibility index (Phi) is 11.2. The van der Waals surface area contributed by atoms with Gasteiger partial charge >= 0.3 is 11.9 Å². The van der Waals surface area contributed by atoms with Crippen LogP contribution in [0.2, 0.25) is 0 Å². The summed E-state index contributed by atoms with van der Waals surface area (Å²) in [5, 5.41) is 95.1. The molecule has 7 aliphatic rings. The number of rotatable bonds is 7. The molecule has 0 amide bonds. The summed E-state index contributed by atoms with van der Waals surface area (Å²) in [4.78, 5) is 26.6. The Bertz CT molecular complexity index is 1590. The summed E-state index contributed by atoms with van der Waals surface area (Å²) in [6.07, 6.45) is -9.30. The van der Waals surface area contributed by atoms with Crippen LogP contribution in [0.3, 0.4) is 0 Å². The summed E-state index contributed by atoms with van der Waals surface area (Å²) in [6, 6.07) is 0. The Balaban J connectivity index is 1.17. The number of fused-ring (bicyclic) bond motifs is 7. The van der Waals surface area contributed by atoms with Crippen LogP contribution in [-0.4, -0.2) is 139 Å². The molecule has 15 nitrogen and oxygen atoms in total. The summed E-state index contributed by atoms with van der Waals surface area (Å²) in [6.45, 7) is 12.8. The van der Waals surface area contributed by atoms with Crippen LogP contribution in [-0.2, 0) is 28.5 Å². The fourth-order valence-corrected chi connectivity index (χ4v) is 13.5. The second-order valence-electron chi connectivity index (χ2n) is 20.5. The SMILES string of the molecule is CC1(C)CC[C@]2(C(=O)O[C@@H]3O[C@H](CO)[C@@H](O)[C@H](O[C@@H]4O[C@H](C(=O)O)[C@@H](O)[C@H](O)[C@H]4O)[C@H]3O)CC[C@]3(C)C(=CC[C@@H]4[C@@]5(C)CC[C@H](O)[C@@](C)(CO)[C@@H]5CC[C@]43C)[C@@H]2C1. The molecule has 0 aromatic rings. The third-order valence-electron chi connectivity index (χ3n) is 17.3. The highest BCUT2D eigenvalue weighted by Crippen LogP contribution is 2.76. The van der Waals surface area contributed by atoms with Gasteiger partial charge in [0.25, 0.3) is 0 Å². The number of allylic oxidation sites excluding steroid dienone is 2. The molecule has 0 unspecified atom stereocenters. The largest absolute Gasteiger partial charge is 0.479 e. The van der Waals surface area contributed by atoms with E-state index in [4.69, 9.17) is 18.9 Å². The van der Waals surface area contributed by atoms with Gasteiger partial charge in [-0.2, -0.15) is 0 Å². The molecule has 0 radical (unpaired) electrons. The number of aliphatic hydroxyl groups excluding tert-OH is 8. The third kappa shape index (κ3) is 6.39. The molecule has 7 rings (SSSR count). The van der Waals surface area contributed by atoms with E-state index in [1.165, 1.54) is 5.57 Å². The number of carboxylic acids is 1. The molecule has 6 fully saturated rings. The van der Waals surface area contributed by atoms with Crippen molar-refractivity contribution in [2.24, 2.45) is 50.2 Å². The van der Waals surface area contributed by atoms with Crippen LogP contribution < -0.4 is 0 Å². The van der Waals surface area contributed by atoms with Crippen molar-refractivity contribution >= 4 is 11.9 Å². The lowest BCUT2D eigenvalue weighted by Gasteiger charge is -2.71. The van der Waals surface area contributed by atoms with Gasteiger partial charge in [-0.25, -0.2) is 4.79 Å². The second kappa shape index (κ2) is 14.7. The number of esters is 1. The lowest BCUT2D eigenvalue weighted by molar-refractivity contribution is -0.353. The van der Waals surface area contributed by atoms with E-state index in [2.05, 4.69) is 40.7 Å². The Morgan fingerprint density at radius 3 is 2.11 bits per heavy atom. The predicted molar refractivity (Wildman–Crippen MR) is 200 cm³/mol. The van der Waals surface area contributed by atoms with E-state index < -0.39 is 96.9 Å². The predicted octanol–water partition coefficient (Wildman–Crippen LogP) is 1.38. The van der Waals surface area contributed by atoms with Crippen LogP contribution in [0, 0.1) is 50.2 Å². The number of hydrogen-bond acceptors (Lipinski definition) is 14. The number of ether oxygens (including phenoxy) is 4. The monoisotopic (exact) mass is 810 g/mol. The summed E-state index contributed by atoms with van der Waals surface area (Å²) in [7, 11) is 0. The van der Waals surface area contributed by atoms with Crippen molar-refractivity contribution in [1.29, 1.82) is 0 Å². The van der Waals surface area contributed by atoms with E-state index in [9.17, 15) is 55.5 Å². The van der Waals surface area contributed by atoms with Gasteiger partial charge in [-0.05, 0) is 104 Å². The topological polar surface area (TPSA) is 253 Å². The summed E-state index contributed by atoms with van der Waals surface area (Å²) < 4.78 is 22.8. The molecule has 19 atom stereocenters. The molecule has 4 saturated carbocycles. The smallest absolute Gasteiger partial charge is 0.335 e. The maximum Gasteiger partial charge on any atom is 0.335 e. The fraction of sp³-hybridized carbons (Fsp3) is 0.905. The molecule has 0 spiro atoms. The average molecular weight is 811 g/mol. The maximum absolute atomic E-state index is 14.9. The van der Waals surface area contributed by atoms with Crippen molar-refractivity contribution in [1.82, 2.24) is 0 Å². The number of carboxylic acid groups (broad SMARTS) is 1. The zero-order chi connectivity index (χ0) is 41.8. The van der Waals surface area contributed by atoms with Crippen molar-refractivity contribution < 1.29 is 74.5 Å². The van der Waals surface area contributed by atoms with Crippen LogP contribution >= 0.6 is 0 Å². The minimum absolute atomic E-state index is 0.0585. The van der Waals surface area contributed by atoms with Gasteiger partial charge < -0.3 is 64.9 Å². The lowest BCUT2D eigenvalue weighted by Crippen LogP contribution is -2.66. The highest BCUT2D eigenvalue weighted by molar-refractivity contribution is 5.79. The Labute approximate surface area is 334 Å². The zero-order valence-electron chi connectivity index (χ0n) is 34.1. The first-order valence-corrected chi connectivity index (χ1v) is 21.0. The fourth-order valence-electron chi connectivity index (χ4n) is 13.5. The van der Waals surface area contributed by atoms with Gasteiger partial charge in [-0.15, -0.1) is 0 Å². The summed E-state index contributed by atoms with van der Waals surface area (Å²) in [5.41, 5.74) is -0.853. The molecule has 5 aliphatic carbocycles. The van der Waals surface area contributed by atoms with Gasteiger partial charge in [0.2, 0.25) is 6.29 Å². The van der Waals surface area contributed by atoms with Gasteiger partial charge in [0, 0.05) is 5.41 Å². The molecule has 2 heterocycles. The quantitative estimate of drug-likeness (QED) is 0.130. The number of aliphatic hydroxyl groups is 8. The van der Waals surface area contributed by atoms with E-state index >= 15 is 0 Å². The molecule has 0 aromatic heterocycles. The summed E-state index contributed by atoms with van der Waals surface area (Å²) in [5.74, 6) is -1.95. The molecule has 15 heteroatoms. The lowest BCUT2D eigenvalue weighted by atomic mass is 9.33. The van der Waals surface area contributed by atoms with Gasteiger partial charge in [-0.3, -0.25) is 4.79 Å². The average Bonchev–Trinajstić information content (AvgIpc) is 3.15. The van der Waals surface area contributed by atoms with Crippen LogP contribution in [0.4, 0.5) is 0 Å². The minimum Gasteiger partial charge on any atom is -0.479 e. The van der Waals surface area contributed by atoms with E-state index in [1.54, 1.807) is 0 Å². The van der Waals surface area contributed by atoms with Crippen LogP contribution in [0.25, 0.3) is 0 Å². The third-order valence-corrected chi connectivity index (χ3v) is 17.3. The van der Waals surface area contributed by atoms with Crippen molar-refractivity contribution in [3.8, 4) is 0 Å². The van der Waals surface area contributed by atoms with Gasteiger partial charge in [0.15, 0.2) is 12.4 Å². The molecular weight excluding hydrogens is 744 g/mol. The number of aliphatic carboxylic acids is 1. The molecule has 2 aliphatic heterocycles. The molecule has 9 N–H and O–H groups in total. The Morgan fingerprint density at radius 1 is 0.772 bits per heavy atom. The van der Waals surface area contributed by atoms with E-state index in [1.807, 2.05) is 6.92 Å². The number of carbonyl (C=O) groups excluding carboxylic acids is 1. The summed E-state index contributed by atoms with van der Waals surface area (Å²) >= 11 is 0. The van der Waals surface area contributed by atoms with E-state index in [0.717, 1.165) is 38.5 Å². The van der Waals surface area contributed by atoms with E-state index in [0.29, 0.717) is 31.6 Å². The van der Waals surface area contributed by atoms with Crippen LogP contribution in [0.1, 0.15) is 106 Å². The normalized spacial score (nSPS) is 53.3. The Morgan fingerprint density at radius 2 is 1.46 bits per heavy atom. The standard InChI is InChI=1S/C42H66O15/c1-37(2)13-15-42(36(53)57-35-30(50)31(26(46)22(18-43)54-35)55-34-29(49)27(47)28(48)32(56-34)33(51)52)16-14-40(5)20(21(42)17-37)7-8-24-38(3)11-10-25(45)39(4,19-44)23(38)9-12-41(24,40)6/h7,21-32,34-35,43-50H,8-19H2,1-6H3,(H,51,52)/t21-,22+,23+,24+,25-,26+,27-,28-,29+,30+,31-,32-,34+,35-,38-,39-,40+,41+,42-/m0/s1. The van der Waals surface area contributed by atoms with Crippen LogP contribution in [0.5, 0.6) is 0 Å². The van der Waals surface area contributed by atoms with Gasteiger partial charge in [0.05, 0.1) is 24.7 Å². The van der Waals surface area contributed by atoms with Crippen LogP contribution in [0.15, 0.2) is 11.6 Å². The zero-order valence-corrected chi connectivity index (χ0v) is 34.1. The minimum atomic E-state index is -2.01. The highest BCUT2D eigenvalue weighted by Gasteiger charge is 2.70.